The number of hydrogen-bond acceptors (Lipinski definition) is 1. The Kier molecular flexibility index (Phi) is 2.44. The van der Waals surface area contributed by atoms with E-state index in [0.717, 1.165) is 18.9 Å². The first-order valence-electron chi connectivity index (χ1n) is 5.05. The molecule has 1 fully saturated rings. The number of nitrogens with zero attached hydrogens (tertiary/aromatic N) is 1. The second-order valence-corrected chi connectivity index (χ2v) is 4.03. The lowest BCUT2D eigenvalue weighted by Gasteiger charge is -2.21. The molecule has 0 unspecified atom stereocenters. The summed E-state index contributed by atoms with van der Waals surface area (Å²) in [6.07, 6.45) is 3.22. The van der Waals surface area contributed by atoms with E-state index < -0.39 is 17.0 Å². The number of rotatable bonds is 1. The Bertz CT molecular complexity index is 414. The van der Waals surface area contributed by atoms with Crippen LogP contribution in [-0.4, -0.2) is 0 Å². The predicted octanol–water partition coefficient (Wildman–Crippen LogP) is 3.30. The summed E-state index contributed by atoms with van der Waals surface area (Å²) in [4.78, 5) is 0. The fourth-order valence-corrected chi connectivity index (χ4v) is 2.30. The van der Waals surface area contributed by atoms with Crippen molar-refractivity contribution >= 4 is 0 Å². The number of benzene rings is 1. The Morgan fingerprint density at radius 3 is 2.40 bits per heavy atom. The van der Waals surface area contributed by atoms with E-state index >= 15 is 0 Å². The van der Waals surface area contributed by atoms with Crippen molar-refractivity contribution in [1.82, 2.24) is 0 Å². The fraction of sp³-hybridized carbons (Fsp3) is 0.417. The van der Waals surface area contributed by atoms with Crippen molar-refractivity contribution in [2.45, 2.75) is 31.1 Å². The van der Waals surface area contributed by atoms with Crippen molar-refractivity contribution in [1.29, 1.82) is 5.26 Å². The molecule has 0 aromatic heterocycles. The Balaban J connectivity index is 2.48. The topological polar surface area (TPSA) is 23.8 Å². The van der Waals surface area contributed by atoms with Crippen LogP contribution in [0.15, 0.2) is 18.2 Å². The predicted molar refractivity (Wildman–Crippen MR) is 52.1 cm³/mol. The molecule has 0 atom stereocenters. The lowest BCUT2D eigenvalue weighted by atomic mass is 9.80. The van der Waals surface area contributed by atoms with Gasteiger partial charge in [0.1, 0.15) is 11.6 Å². The standard InChI is InChI=1S/C12H11F2N/c13-9-3-4-10(11(14)7-9)12(8-15)5-1-2-6-12/h3-4,7H,1-2,5-6H2. The van der Waals surface area contributed by atoms with Crippen LogP contribution >= 0.6 is 0 Å². The normalized spacial score (nSPS) is 18.7. The van der Waals surface area contributed by atoms with Gasteiger partial charge in [0.15, 0.2) is 0 Å². The lowest BCUT2D eigenvalue weighted by Crippen LogP contribution is -2.21. The molecule has 0 bridgehead atoms. The molecule has 1 aliphatic carbocycles. The van der Waals surface area contributed by atoms with E-state index in [0.29, 0.717) is 18.4 Å². The minimum absolute atomic E-state index is 0.351. The molecule has 0 spiro atoms. The van der Waals surface area contributed by atoms with E-state index in [2.05, 4.69) is 6.07 Å². The van der Waals surface area contributed by atoms with Crippen molar-refractivity contribution in [2.24, 2.45) is 0 Å². The third-order valence-electron chi connectivity index (χ3n) is 3.12. The Morgan fingerprint density at radius 1 is 1.20 bits per heavy atom. The SMILES string of the molecule is N#CC1(c2ccc(F)cc2F)CCCC1. The van der Waals surface area contributed by atoms with Crippen LogP contribution in [0.5, 0.6) is 0 Å². The van der Waals surface area contributed by atoms with Crippen LogP contribution in [0.3, 0.4) is 0 Å². The summed E-state index contributed by atoms with van der Waals surface area (Å²) in [5.74, 6) is -1.19. The third kappa shape index (κ3) is 1.61. The second-order valence-electron chi connectivity index (χ2n) is 4.03. The maximum Gasteiger partial charge on any atom is 0.130 e. The van der Waals surface area contributed by atoms with Gasteiger partial charge < -0.3 is 0 Å². The summed E-state index contributed by atoms with van der Waals surface area (Å²) < 4.78 is 26.3. The van der Waals surface area contributed by atoms with E-state index in [9.17, 15) is 8.78 Å². The van der Waals surface area contributed by atoms with Crippen molar-refractivity contribution in [3.8, 4) is 6.07 Å². The highest BCUT2D eigenvalue weighted by atomic mass is 19.1. The molecule has 1 nitrogen and oxygen atoms in total. The molecule has 15 heavy (non-hydrogen) atoms. The van der Waals surface area contributed by atoms with Crippen molar-refractivity contribution < 1.29 is 8.78 Å². The van der Waals surface area contributed by atoms with Gasteiger partial charge in [0.2, 0.25) is 0 Å². The molecule has 0 N–H and O–H groups in total. The van der Waals surface area contributed by atoms with Gasteiger partial charge in [-0.25, -0.2) is 8.78 Å². The van der Waals surface area contributed by atoms with Crippen LogP contribution in [0.4, 0.5) is 8.78 Å². The van der Waals surface area contributed by atoms with Gasteiger partial charge in [-0.05, 0) is 18.9 Å². The number of hydrogen-bond donors (Lipinski definition) is 0. The van der Waals surface area contributed by atoms with Crippen LogP contribution in [0.25, 0.3) is 0 Å². The van der Waals surface area contributed by atoms with Gasteiger partial charge in [0, 0.05) is 11.6 Å². The van der Waals surface area contributed by atoms with Crippen LogP contribution in [0.1, 0.15) is 31.2 Å². The number of nitriles is 1. The summed E-state index contributed by atoms with van der Waals surface area (Å²) in [6, 6.07) is 5.67. The lowest BCUT2D eigenvalue weighted by molar-refractivity contribution is 0.505. The Labute approximate surface area is 87.3 Å². The van der Waals surface area contributed by atoms with E-state index in [1.807, 2.05) is 0 Å². The molecule has 1 saturated carbocycles. The minimum atomic E-state index is -0.724. The largest absolute Gasteiger partial charge is 0.207 e. The Morgan fingerprint density at radius 2 is 1.87 bits per heavy atom. The van der Waals surface area contributed by atoms with Gasteiger partial charge in [-0.3, -0.25) is 0 Å². The van der Waals surface area contributed by atoms with Gasteiger partial charge in [0.25, 0.3) is 0 Å². The van der Waals surface area contributed by atoms with Crippen molar-refractivity contribution in [3.63, 3.8) is 0 Å². The van der Waals surface area contributed by atoms with E-state index in [1.165, 1.54) is 12.1 Å². The first kappa shape index (κ1) is 10.1. The minimum Gasteiger partial charge on any atom is -0.207 e. The summed E-state index contributed by atoms with van der Waals surface area (Å²) in [5, 5.41) is 9.15. The highest BCUT2D eigenvalue weighted by molar-refractivity contribution is 5.35. The molecule has 0 amide bonds. The summed E-state index contributed by atoms with van der Waals surface area (Å²) in [7, 11) is 0. The molecule has 0 radical (unpaired) electrons. The monoisotopic (exact) mass is 207 g/mol. The average Bonchev–Trinajstić information content (AvgIpc) is 2.67. The molecule has 0 saturated heterocycles. The quantitative estimate of drug-likeness (QED) is 0.693. The van der Waals surface area contributed by atoms with Crippen molar-refractivity contribution in [2.75, 3.05) is 0 Å². The molecule has 2 rings (SSSR count). The molecular formula is C12H11F2N. The van der Waals surface area contributed by atoms with Crippen LogP contribution in [-0.2, 0) is 5.41 Å². The zero-order valence-electron chi connectivity index (χ0n) is 8.26. The molecule has 78 valence electrons. The van der Waals surface area contributed by atoms with Gasteiger partial charge in [-0.15, -0.1) is 0 Å². The molecule has 1 aromatic rings. The van der Waals surface area contributed by atoms with Crippen LogP contribution < -0.4 is 0 Å². The first-order valence-corrected chi connectivity index (χ1v) is 5.05. The van der Waals surface area contributed by atoms with E-state index in [4.69, 9.17) is 5.26 Å². The summed E-state index contributed by atoms with van der Waals surface area (Å²) in [6.45, 7) is 0. The molecule has 0 heterocycles. The third-order valence-corrected chi connectivity index (χ3v) is 3.12. The van der Waals surface area contributed by atoms with Crippen LogP contribution in [0, 0.1) is 23.0 Å². The van der Waals surface area contributed by atoms with E-state index in [1.54, 1.807) is 0 Å². The fourth-order valence-electron chi connectivity index (χ4n) is 2.30. The first-order chi connectivity index (χ1) is 7.18. The zero-order valence-corrected chi connectivity index (χ0v) is 8.26. The van der Waals surface area contributed by atoms with Gasteiger partial charge in [0.05, 0.1) is 11.5 Å². The van der Waals surface area contributed by atoms with E-state index in [-0.39, 0.29) is 0 Å². The summed E-state index contributed by atoms with van der Waals surface area (Å²) >= 11 is 0. The maximum atomic E-state index is 13.5. The second kappa shape index (κ2) is 3.62. The molecule has 0 aliphatic heterocycles. The van der Waals surface area contributed by atoms with Gasteiger partial charge in [-0.2, -0.15) is 5.26 Å². The maximum absolute atomic E-state index is 13.5. The molecule has 3 heteroatoms. The Hall–Kier alpha value is -1.43. The van der Waals surface area contributed by atoms with Crippen LogP contribution in [0.2, 0.25) is 0 Å². The number of halogens is 2. The smallest absolute Gasteiger partial charge is 0.130 e. The van der Waals surface area contributed by atoms with Gasteiger partial charge in [-0.1, -0.05) is 18.9 Å². The highest BCUT2D eigenvalue weighted by Crippen LogP contribution is 2.41. The van der Waals surface area contributed by atoms with Crippen molar-refractivity contribution in [3.05, 3.63) is 35.4 Å². The molecular weight excluding hydrogens is 196 g/mol. The summed E-state index contributed by atoms with van der Waals surface area (Å²) in [5.41, 5.74) is -0.374. The average molecular weight is 207 g/mol. The van der Waals surface area contributed by atoms with Gasteiger partial charge >= 0.3 is 0 Å². The highest BCUT2D eigenvalue weighted by Gasteiger charge is 2.37. The molecule has 1 aliphatic rings. The molecule has 1 aromatic carbocycles. The zero-order chi connectivity index (χ0) is 10.9.